The van der Waals surface area contributed by atoms with Crippen molar-refractivity contribution in [2.24, 2.45) is 0 Å². The Morgan fingerprint density at radius 2 is 2.27 bits per heavy atom. The molecule has 5 heteroatoms. The highest BCUT2D eigenvalue weighted by Crippen LogP contribution is 2.24. The molecule has 0 radical (unpaired) electrons. The average Bonchev–Trinajstić information content (AvgIpc) is 2.22. The zero-order valence-corrected chi connectivity index (χ0v) is 11.9. The lowest BCUT2D eigenvalue weighted by atomic mass is 10.1. The first kappa shape index (κ1) is 13.0. The quantitative estimate of drug-likeness (QED) is 0.611. The van der Waals surface area contributed by atoms with E-state index in [9.17, 15) is 4.79 Å². The fraction of sp³-hybridized carbons (Fsp3) is 0.300. The van der Waals surface area contributed by atoms with E-state index >= 15 is 0 Å². The van der Waals surface area contributed by atoms with Crippen LogP contribution in [0.5, 0.6) is 0 Å². The minimum atomic E-state index is -0.334. The Morgan fingerprint density at radius 1 is 1.60 bits per heavy atom. The van der Waals surface area contributed by atoms with E-state index in [4.69, 9.17) is 11.6 Å². The first-order chi connectivity index (χ1) is 7.04. The molecule has 0 aliphatic heterocycles. The molecule has 2 nitrogen and oxygen atoms in total. The van der Waals surface area contributed by atoms with E-state index in [1.165, 1.54) is 7.11 Å². The van der Waals surface area contributed by atoms with Gasteiger partial charge in [-0.1, -0.05) is 33.6 Å². The summed E-state index contributed by atoms with van der Waals surface area (Å²) in [6.07, 6.45) is 0.555. The Labute approximate surface area is 110 Å². The van der Waals surface area contributed by atoms with Gasteiger partial charge in [-0.2, -0.15) is 0 Å². The highest BCUT2D eigenvalue weighted by Gasteiger charge is 2.15. The predicted octanol–water partition coefficient (Wildman–Crippen LogP) is 3.58. The first-order valence-electron chi connectivity index (χ1n) is 4.20. The Balaban J connectivity index is 2.73. The van der Waals surface area contributed by atoms with E-state index in [0.717, 1.165) is 10.0 Å². The smallest absolute Gasteiger partial charge is 0.319 e. The van der Waals surface area contributed by atoms with Gasteiger partial charge in [-0.15, -0.1) is 0 Å². The summed E-state index contributed by atoms with van der Waals surface area (Å²) in [6, 6.07) is 5.59. The number of carbonyl (C=O) groups excluding carboxylic acids is 1. The van der Waals surface area contributed by atoms with Crippen LogP contribution in [0.2, 0.25) is 5.02 Å². The van der Waals surface area contributed by atoms with Gasteiger partial charge >= 0.3 is 5.97 Å². The maximum atomic E-state index is 11.2. The number of carbonyl (C=O) groups is 1. The molecule has 0 aliphatic carbocycles. The fourth-order valence-corrected chi connectivity index (χ4v) is 2.10. The number of hydrogen-bond acceptors (Lipinski definition) is 2. The monoisotopic (exact) mass is 354 g/mol. The largest absolute Gasteiger partial charge is 0.468 e. The lowest BCUT2D eigenvalue weighted by Crippen LogP contribution is -2.17. The third-order valence-electron chi connectivity index (χ3n) is 1.86. The van der Waals surface area contributed by atoms with Gasteiger partial charge in [-0.05, 0) is 40.0 Å². The van der Waals surface area contributed by atoms with Crippen LogP contribution in [0.25, 0.3) is 0 Å². The molecule has 1 aromatic carbocycles. The summed E-state index contributed by atoms with van der Waals surface area (Å²) in [4.78, 5) is 10.8. The molecule has 1 aromatic rings. The molecule has 0 N–H and O–H groups in total. The lowest BCUT2D eigenvalue weighted by Gasteiger charge is -2.08. The molecule has 0 saturated heterocycles. The van der Waals surface area contributed by atoms with Gasteiger partial charge < -0.3 is 4.74 Å². The predicted molar refractivity (Wildman–Crippen MR) is 67.6 cm³/mol. The summed E-state index contributed by atoms with van der Waals surface area (Å²) in [5.74, 6) is -0.283. The van der Waals surface area contributed by atoms with Gasteiger partial charge in [-0.3, -0.25) is 4.79 Å². The molecular formula is C10H9Br2ClO2. The fourth-order valence-electron chi connectivity index (χ4n) is 1.08. The van der Waals surface area contributed by atoms with Crippen LogP contribution >= 0.6 is 43.5 Å². The van der Waals surface area contributed by atoms with Crippen molar-refractivity contribution in [1.82, 2.24) is 0 Å². The van der Waals surface area contributed by atoms with E-state index < -0.39 is 0 Å². The summed E-state index contributed by atoms with van der Waals surface area (Å²) >= 11 is 12.5. The average molecular weight is 356 g/mol. The van der Waals surface area contributed by atoms with Crippen LogP contribution < -0.4 is 0 Å². The van der Waals surface area contributed by atoms with Gasteiger partial charge in [0.05, 0.1) is 12.1 Å². The van der Waals surface area contributed by atoms with E-state index in [2.05, 4.69) is 36.6 Å². The van der Waals surface area contributed by atoms with Gasteiger partial charge in [-0.25, -0.2) is 0 Å². The molecule has 1 unspecified atom stereocenters. The second-order valence-corrected chi connectivity index (χ2v) is 5.31. The summed E-state index contributed by atoms with van der Waals surface area (Å²) < 4.78 is 5.45. The van der Waals surface area contributed by atoms with Crippen molar-refractivity contribution >= 4 is 49.4 Å². The van der Waals surface area contributed by atoms with Gasteiger partial charge in [0, 0.05) is 4.47 Å². The SMILES string of the molecule is COC(=O)C(Br)Cc1ccc(Br)c(Cl)c1. The Hall–Kier alpha value is -0.0600. The summed E-state index contributed by atoms with van der Waals surface area (Å²) in [7, 11) is 1.37. The minimum absolute atomic E-state index is 0.283. The third kappa shape index (κ3) is 3.78. The zero-order valence-electron chi connectivity index (χ0n) is 7.97. The van der Waals surface area contributed by atoms with Crippen LogP contribution in [0.15, 0.2) is 22.7 Å². The van der Waals surface area contributed by atoms with Gasteiger partial charge in [0.2, 0.25) is 0 Å². The molecule has 1 atom stereocenters. The van der Waals surface area contributed by atoms with Crippen molar-refractivity contribution < 1.29 is 9.53 Å². The lowest BCUT2D eigenvalue weighted by molar-refractivity contribution is -0.139. The Morgan fingerprint density at radius 3 is 2.80 bits per heavy atom. The van der Waals surface area contributed by atoms with Crippen molar-refractivity contribution in [3.05, 3.63) is 33.3 Å². The van der Waals surface area contributed by atoms with Gasteiger partial charge in [0.1, 0.15) is 4.83 Å². The molecule has 0 saturated carbocycles. The Kier molecular flexibility index (Phi) is 5.09. The van der Waals surface area contributed by atoms with Gasteiger partial charge in [0.25, 0.3) is 0 Å². The number of benzene rings is 1. The van der Waals surface area contributed by atoms with Crippen molar-refractivity contribution in [1.29, 1.82) is 0 Å². The number of esters is 1. The number of rotatable bonds is 3. The maximum Gasteiger partial charge on any atom is 0.319 e. The highest BCUT2D eigenvalue weighted by atomic mass is 79.9. The van der Waals surface area contributed by atoms with Crippen LogP contribution in [0, 0.1) is 0 Å². The molecule has 0 bridgehead atoms. The zero-order chi connectivity index (χ0) is 11.4. The summed E-state index contributed by atoms with van der Waals surface area (Å²) in [5, 5.41) is 0.636. The van der Waals surface area contributed by atoms with E-state index in [-0.39, 0.29) is 10.8 Å². The summed E-state index contributed by atoms with van der Waals surface area (Å²) in [6.45, 7) is 0. The van der Waals surface area contributed by atoms with Crippen molar-refractivity contribution in [3.63, 3.8) is 0 Å². The van der Waals surface area contributed by atoms with Crippen LogP contribution in [0.4, 0.5) is 0 Å². The van der Waals surface area contributed by atoms with Crippen molar-refractivity contribution in [2.45, 2.75) is 11.2 Å². The third-order valence-corrected chi connectivity index (χ3v) is 3.79. The maximum absolute atomic E-state index is 11.2. The van der Waals surface area contributed by atoms with Crippen LogP contribution in [0.3, 0.4) is 0 Å². The topological polar surface area (TPSA) is 26.3 Å². The first-order valence-corrected chi connectivity index (χ1v) is 6.29. The second kappa shape index (κ2) is 5.87. The molecule has 0 spiro atoms. The molecular weight excluding hydrogens is 347 g/mol. The summed E-state index contributed by atoms with van der Waals surface area (Å²) in [5.41, 5.74) is 0.982. The molecule has 15 heavy (non-hydrogen) atoms. The van der Waals surface area contributed by atoms with Crippen LogP contribution in [0.1, 0.15) is 5.56 Å². The molecule has 1 rings (SSSR count). The molecule has 0 fully saturated rings. The number of halogens is 3. The molecule has 0 aromatic heterocycles. The number of methoxy groups -OCH3 is 1. The van der Waals surface area contributed by atoms with Crippen LogP contribution in [-0.2, 0) is 16.0 Å². The molecule has 0 amide bonds. The van der Waals surface area contributed by atoms with Crippen molar-refractivity contribution in [3.8, 4) is 0 Å². The molecule has 0 aliphatic rings. The van der Waals surface area contributed by atoms with Gasteiger partial charge in [0.15, 0.2) is 0 Å². The molecule has 82 valence electrons. The number of ether oxygens (including phenoxy) is 1. The van der Waals surface area contributed by atoms with E-state index in [1.54, 1.807) is 0 Å². The Bertz CT molecular complexity index is 368. The normalized spacial score (nSPS) is 12.3. The van der Waals surface area contributed by atoms with E-state index in [0.29, 0.717) is 11.4 Å². The number of hydrogen-bond donors (Lipinski definition) is 0. The molecule has 0 heterocycles. The van der Waals surface area contributed by atoms with Crippen molar-refractivity contribution in [2.75, 3.05) is 7.11 Å². The standard InChI is InChI=1S/C10H9Br2ClO2/c1-15-10(14)8(12)4-6-2-3-7(11)9(13)5-6/h2-3,5,8H,4H2,1H3. The highest BCUT2D eigenvalue weighted by molar-refractivity contribution is 9.10. The second-order valence-electron chi connectivity index (χ2n) is 2.94. The van der Waals surface area contributed by atoms with Crippen LogP contribution in [-0.4, -0.2) is 17.9 Å². The van der Waals surface area contributed by atoms with E-state index in [1.807, 2.05) is 18.2 Å². The number of alkyl halides is 1. The minimum Gasteiger partial charge on any atom is -0.468 e.